The number of aryl methyl sites for hydroxylation is 1. The van der Waals surface area contributed by atoms with Gasteiger partial charge in [-0.25, -0.2) is 0 Å². The van der Waals surface area contributed by atoms with Gasteiger partial charge in [0.2, 0.25) is 0 Å². The fourth-order valence-corrected chi connectivity index (χ4v) is 1.48. The van der Waals surface area contributed by atoms with Gasteiger partial charge in [0, 0.05) is 12.1 Å². The van der Waals surface area contributed by atoms with Crippen molar-refractivity contribution in [2.75, 3.05) is 13.2 Å². The van der Waals surface area contributed by atoms with Crippen LogP contribution in [-0.2, 0) is 0 Å². The Kier molecular flexibility index (Phi) is 5.63. The number of aliphatic hydroxyl groups excluding tert-OH is 1. The molecular formula is C15H25NO2. The lowest BCUT2D eigenvalue weighted by molar-refractivity contribution is 0.0985. The third-order valence-corrected chi connectivity index (χ3v) is 3.13. The van der Waals surface area contributed by atoms with Crippen LogP contribution in [0.4, 0.5) is 0 Å². The van der Waals surface area contributed by atoms with Crippen molar-refractivity contribution in [1.82, 2.24) is 5.32 Å². The van der Waals surface area contributed by atoms with Gasteiger partial charge in [-0.1, -0.05) is 19.1 Å². The number of nitrogens with one attached hydrogen (secondary N) is 1. The fraction of sp³-hybridized carbons (Fsp3) is 0.600. The highest BCUT2D eigenvalue weighted by atomic mass is 16.5. The predicted octanol–water partition coefficient (Wildman–Crippen LogP) is 2.51. The van der Waals surface area contributed by atoms with E-state index in [1.807, 2.05) is 31.2 Å². The van der Waals surface area contributed by atoms with Crippen LogP contribution in [0.2, 0.25) is 0 Å². The maximum absolute atomic E-state index is 9.85. The van der Waals surface area contributed by atoms with E-state index < -0.39 is 6.10 Å². The van der Waals surface area contributed by atoms with Crippen LogP contribution in [0.15, 0.2) is 24.3 Å². The van der Waals surface area contributed by atoms with Crippen molar-refractivity contribution >= 4 is 0 Å². The standard InChI is InChI=1S/C15H25NO2/c1-5-15(3,4)16-10-13(17)11-18-14-8-6-7-12(2)9-14/h6-9,13,16-17H,5,10-11H2,1-4H3. The Morgan fingerprint density at radius 2 is 2.11 bits per heavy atom. The first-order valence-electron chi connectivity index (χ1n) is 6.55. The van der Waals surface area contributed by atoms with Crippen LogP contribution in [-0.4, -0.2) is 29.9 Å². The molecule has 0 aromatic heterocycles. The molecule has 3 nitrogen and oxygen atoms in total. The monoisotopic (exact) mass is 251 g/mol. The third kappa shape index (κ3) is 5.52. The number of hydrogen-bond acceptors (Lipinski definition) is 3. The van der Waals surface area contributed by atoms with Gasteiger partial charge < -0.3 is 15.2 Å². The molecule has 18 heavy (non-hydrogen) atoms. The van der Waals surface area contributed by atoms with Crippen molar-refractivity contribution in [2.24, 2.45) is 0 Å². The van der Waals surface area contributed by atoms with Crippen LogP contribution >= 0.6 is 0 Å². The minimum atomic E-state index is -0.490. The zero-order chi connectivity index (χ0) is 13.6. The summed E-state index contributed by atoms with van der Waals surface area (Å²) in [5.41, 5.74) is 1.22. The van der Waals surface area contributed by atoms with Crippen LogP contribution < -0.4 is 10.1 Å². The highest BCUT2D eigenvalue weighted by Gasteiger charge is 2.16. The van der Waals surface area contributed by atoms with Gasteiger partial charge in [0.1, 0.15) is 18.5 Å². The summed E-state index contributed by atoms with van der Waals surface area (Å²) in [6.45, 7) is 9.27. The maximum atomic E-state index is 9.85. The lowest BCUT2D eigenvalue weighted by Crippen LogP contribution is -2.44. The Bertz CT molecular complexity index is 363. The first kappa shape index (κ1) is 15.0. The second-order valence-corrected chi connectivity index (χ2v) is 5.40. The van der Waals surface area contributed by atoms with Crippen molar-refractivity contribution in [1.29, 1.82) is 0 Å². The van der Waals surface area contributed by atoms with Crippen LogP contribution in [0.25, 0.3) is 0 Å². The third-order valence-electron chi connectivity index (χ3n) is 3.13. The van der Waals surface area contributed by atoms with Gasteiger partial charge in [-0.05, 0) is 44.9 Å². The number of β-amino-alcohol motifs (C(OH)–C–C–N with tert-alkyl or cyclic N) is 1. The normalized spacial score (nSPS) is 13.4. The molecule has 1 unspecified atom stereocenters. The molecule has 1 rings (SSSR count). The Hall–Kier alpha value is -1.06. The molecule has 0 aliphatic carbocycles. The maximum Gasteiger partial charge on any atom is 0.119 e. The van der Waals surface area contributed by atoms with Gasteiger partial charge in [0.05, 0.1) is 0 Å². The molecule has 0 saturated carbocycles. The molecule has 0 spiro atoms. The predicted molar refractivity (Wildman–Crippen MR) is 75.1 cm³/mol. The summed E-state index contributed by atoms with van der Waals surface area (Å²) in [5.74, 6) is 0.809. The zero-order valence-corrected chi connectivity index (χ0v) is 11.9. The molecular weight excluding hydrogens is 226 g/mol. The second kappa shape index (κ2) is 6.76. The molecule has 0 amide bonds. The Balaban J connectivity index is 2.31. The smallest absolute Gasteiger partial charge is 0.119 e. The zero-order valence-electron chi connectivity index (χ0n) is 11.9. The van der Waals surface area contributed by atoms with E-state index in [4.69, 9.17) is 4.74 Å². The Morgan fingerprint density at radius 1 is 1.39 bits per heavy atom. The number of rotatable bonds is 7. The fourth-order valence-electron chi connectivity index (χ4n) is 1.48. The molecule has 0 radical (unpaired) electrons. The molecule has 1 aromatic carbocycles. The van der Waals surface area contributed by atoms with Gasteiger partial charge in [-0.2, -0.15) is 0 Å². The first-order chi connectivity index (χ1) is 8.43. The number of ether oxygens (including phenoxy) is 1. The minimum absolute atomic E-state index is 0.0598. The largest absolute Gasteiger partial charge is 0.491 e. The molecule has 1 aromatic rings. The summed E-state index contributed by atoms with van der Waals surface area (Å²) >= 11 is 0. The summed E-state index contributed by atoms with van der Waals surface area (Å²) in [5, 5.41) is 13.2. The molecule has 0 bridgehead atoms. The Labute approximate surface area is 110 Å². The lowest BCUT2D eigenvalue weighted by atomic mass is 10.0. The second-order valence-electron chi connectivity index (χ2n) is 5.40. The molecule has 2 N–H and O–H groups in total. The first-order valence-corrected chi connectivity index (χ1v) is 6.55. The average Bonchev–Trinajstić information content (AvgIpc) is 2.34. The van der Waals surface area contributed by atoms with E-state index in [1.165, 1.54) is 0 Å². The van der Waals surface area contributed by atoms with Gasteiger partial charge >= 0.3 is 0 Å². The van der Waals surface area contributed by atoms with Gasteiger partial charge in [0.25, 0.3) is 0 Å². The lowest BCUT2D eigenvalue weighted by Gasteiger charge is -2.26. The summed E-state index contributed by atoms with van der Waals surface area (Å²) < 4.78 is 5.56. The highest BCUT2D eigenvalue weighted by Crippen LogP contribution is 2.12. The van der Waals surface area contributed by atoms with Crippen LogP contribution in [0, 0.1) is 6.92 Å². The molecule has 3 heteroatoms. The molecule has 1 atom stereocenters. The summed E-state index contributed by atoms with van der Waals surface area (Å²) in [4.78, 5) is 0. The van der Waals surface area contributed by atoms with Crippen molar-refractivity contribution in [3.05, 3.63) is 29.8 Å². The minimum Gasteiger partial charge on any atom is -0.491 e. The van der Waals surface area contributed by atoms with E-state index in [0.29, 0.717) is 13.2 Å². The molecule has 0 aliphatic rings. The molecule has 0 aliphatic heterocycles. The van der Waals surface area contributed by atoms with Crippen LogP contribution in [0.5, 0.6) is 5.75 Å². The molecule has 0 saturated heterocycles. The van der Waals surface area contributed by atoms with E-state index in [0.717, 1.165) is 17.7 Å². The Morgan fingerprint density at radius 3 is 2.72 bits per heavy atom. The summed E-state index contributed by atoms with van der Waals surface area (Å²) in [6.07, 6.45) is 0.537. The summed E-state index contributed by atoms with van der Waals surface area (Å²) in [7, 11) is 0. The summed E-state index contributed by atoms with van der Waals surface area (Å²) in [6, 6.07) is 7.85. The molecule has 102 valence electrons. The quantitative estimate of drug-likeness (QED) is 0.782. The van der Waals surface area contributed by atoms with Crippen molar-refractivity contribution in [3.8, 4) is 5.75 Å². The van der Waals surface area contributed by atoms with Crippen LogP contribution in [0.1, 0.15) is 32.8 Å². The van der Waals surface area contributed by atoms with E-state index in [-0.39, 0.29) is 5.54 Å². The van der Waals surface area contributed by atoms with E-state index in [2.05, 4.69) is 26.1 Å². The average molecular weight is 251 g/mol. The number of benzene rings is 1. The van der Waals surface area contributed by atoms with Crippen LogP contribution in [0.3, 0.4) is 0 Å². The van der Waals surface area contributed by atoms with E-state index >= 15 is 0 Å². The van der Waals surface area contributed by atoms with Crippen molar-refractivity contribution in [2.45, 2.75) is 45.8 Å². The topological polar surface area (TPSA) is 41.5 Å². The molecule has 0 fully saturated rings. The van der Waals surface area contributed by atoms with Gasteiger partial charge in [-0.15, -0.1) is 0 Å². The number of hydrogen-bond donors (Lipinski definition) is 2. The van der Waals surface area contributed by atoms with E-state index in [1.54, 1.807) is 0 Å². The van der Waals surface area contributed by atoms with Gasteiger partial charge in [0.15, 0.2) is 0 Å². The van der Waals surface area contributed by atoms with Gasteiger partial charge in [-0.3, -0.25) is 0 Å². The van der Waals surface area contributed by atoms with E-state index in [9.17, 15) is 5.11 Å². The number of aliphatic hydroxyl groups is 1. The highest BCUT2D eigenvalue weighted by molar-refractivity contribution is 5.27. The van der Waals surface area contributed by atoms with Crippen molar-refractivity contribution < 1.29 is 9.84 Å². The van der Waals surface area contributed by atoms with Crippen molar-refractivity contribution in [3.63, 3.8) is 0 Å². The molecule has 0 heterocycles. The SMILES string of the molecule is CCC(C)(C)NCC(O)COc1cccc(C)c1.